The number of aromatic nitrogens is 1. The molecule has 0 fully saturated rings. The standard InChI is InChI=1S/C18H17N3O4S/c22-18(20-12-15-4-1-2-10-19-15)14-6-8-17(9-7-14)26(23,24)21-13-16-5-3-11-25-16/h1-11,21H,12-13H2,(H,20,22). The number of hydrogen-bond acceptors (Lipinski definition) is 5. The van der Waals surface area contributed by atoms with Gasteiger partial charge in [-0.05, 0) is 48.5 Å². The van der Waals surface area contributed by atoms with Gasteiger partial charge in [0.15, 0.2) is 0 Å². The van der Waals surface area contributed by atoms with Crippen LogP contribution in [0.1, 0.15) is 21.8 Å². The van der Waals surface area contributed by atoms with Crippen molar-refractivity contribution in [3.8, 4) is 0 Å². The van der Waals surface area contributed by atoms with E-state index in [0.29, 0.717) is 17.9 Å². The van der Waals surface area contributed by atoms with Crippen molar-refractivity contribution in [1.82, 2.24) is 15.0 Å². The molecule has 1 aromatic carbocycles. The third-order valence-electron chi connectivity index (χ3n) is 3.60. The van der Waals surface area contributed by atoms with Crippen molar-refractivity contribution in [1.29, 1.82) is 0 Å². The average molecular weight is 371 g/mol. The van der Waals surface area contributed by atoms with Gasteiger partial charge in [-0.15, -0.1) is 0 Å². The zero-order valence-electron chi connectivity index (χ0n) is 13.8. The van der Waals surface area contributed by atoms with Gasteiger partial charge in [0.2, 0.25) is 10.0 Å². The smallest absolute Gasteiger partial charge is 0.251 e. The summed E-state index contributed by atoms with van der Waals surface area (Å²) < 4.78 is 32.1. The highest BCUT2D eigenvalue weighted by Crippen LogP contribution is 2.12. The van der Waals surface area contributed by atoms with Gasteiger partial charge in [0, 0.05) is 11.8 Å². The molecule has 2 heterocycles. The lowest BCUT2D eigenvalue weighted by Crippen LogP contribution is -2.24. The number of hydrogen-bond donors (Lipinski definition) is 2. The van der Waals surface area contributed by atoms with E-state index < -0.39 is 10.0 Å². The molecule has 0 aliphatic carbocycles. The number of nitrogens with zero attached hydrogens (tertiary/aromatic N) is 1. The Kier molecular flexibility index (Phi) is 5.45. The lowest BCUT2D eigenvalue weighted by molar-refractivity contribution is 0.0950. The highest BCUT2D eigenvalue weighted by Gasteiger charge is 2.15. The van der Waals surface area contributed by atoms with Crippen LogP contribution in [0, 0.1) is 0 Å². The fourth-order valence-corrected chi connectivity index (χ4v) is 3.22. The number of benzene rings is 1. The second-order valence-corrected chi connectivity index (χ2v) is 7.20. The van der Waals surface area contributed by atoms with Crippen LogP contribution in [0.3, 0.4) is 0 Å². The van der Waals surface area contributed by atoms with Crippen molar-refractivity contribution in [2.24, 2.45) is 0 Å². The molecular weight excluding hydrogens is 354 g/mol. The maximum atomic E-state index is 12.3. The molecule has 3 rings (SSSR count). The second-order valence-electron chi connectivity index (χ2n) is 5.43. The van der Waals surface area contributed by atoms with E-state index in [1.165, 1.54) is 30.5 Å². The Hall–Kier alpha value is -2.97. The first-order chi connectivity index (χ1) is 12.5. The molecule has 0 aliphatic heterocycles. The molecule has 0 saturated heterocycles. The third-order valence-corrected chi connectivity index (χ3v) is 5.02. The van der Waals surface area contributed by atoms with E-state index in [2.05, 4.69) is 15.0 Å². The molecule has 1 amide bonds. The number of sulfonamides is 1. The molecule has 0 aliphatic rings. The minimum atomic E-state index is -3.69. The van der Waals surface area contributed by atoms with Crippen molar-refractivity contribution in [2.45, 2.75) is 18.0 Å². The molecule has 0 saturated carbocycles. The molecule has 134 valence electrons. The minimum absolute atomic E-state index is 0.0572. The lowest BCUT2D eigenvalue weighted by Gasteiger charge is -2.07. The van der Waals surface area contributed by atoms with Crippen LogP contribution in [0.4, 0.5) is 0 Å². The zero-order chi connectivity index (χ0) is 18.4. The summed E-state index contributed by atoms with van der Waals surface area (Å²) in [6.45, 7) is 0.353. The Morgan fingerprint density at radius 1 is 1.00 bits per heavy atom. The third kappa shape index (κ3) is 4.56. The molecule has 8 heteroatoms. The second kappa shape index (κ2) is 7.94. The number of carbonyl (C=O) groups is 1. The molecule has 7 nitrogen and oxygen atoms in total. The van der Waals surface area contributed by atoms with E-state index in [4.69, 9.17) is 4.42 Å². The molecule has 2 N–H and O–H groups in total. The van der Waals surface area contributed by atoms with Gasteiger partial charge in [-0.2, -0.15) is 0 Å². The van der Waals surface area contributed by atoms with Crippen molar-refractivity contribution in [2.75, 3.05) is 0 Å². The Morgan fingerprint density at radius 3 is 2.46 bits per heavy atom. The monoisotopic (exact) mass is 371 g/mol. The summed E-state index contributed by atoms with van der Waals surface area (Å²) in [5.41, 5.74) is 1.10. The van der Waals surface area contributed by atoms with Gasteiger partial charge in [0.05, 0.1) is 29.9 Å². The van der Waals surface area contributed by atoms with Gasteiger partial charge in [0.25, 0.3) is 5.91 Å². The normalized spacial score (nSPS) is 11.2. The fraction of sp³-hybridized carbons (Fsp3) is 0.111. The Morgan fingerprint density at radius 2 is 1.81 bits per heavy atom. The van der Waals surface area contributed by atoms with Crippen LogP contribution >= 0.6 is 0 Å². The molecule has 0 unspecified atom stereocenters. The maximum Gasteiger partial charge on any atom is 0.251 e. The lowest BCUT2D eigenvalue weighted by atomic mass is 10.2. The summed E-state index contributed by atoms with van der Waals surface area (Å²) in [6, 6.07) is 14.5. The molecule has 0 radical (unpaired) electrons. The summed E-state index contributed by atoms with van der Waals surface area (Å²) in [5.74, 6) is 0.210. The van der Waals surface area contributed by atoms with Gasteiger partial charge >= 0.3 is 0 Å². The van der Waals surface area contributed by atoms with Crippen LogP contribution in [-0.2, 0) is 23.1 Å². The highest BCUT2D eigenvalue weighted by atomic mass is 32.2. The predicted molar refractivity (Wildman–Crippen MR) is 94.6 cm³/mol. The SMILES string of the molecule is O=C(NCc1ccccn1)c1ccc(S(=O)(=O)NCc2ccco2)cc1. The van der Waals surface area contributed by atoms with Gasteiger partial charge in [0.1, 0.15) is 5.76 Å². The fourth-order valence-electron chi connectivity index (χ4n) is 2.22. The van der Waals surface area contributed by atoms with Crippen molar-refractivity contribution in [3.63, 3.8) is 0 Å². The molecule has 0 atom stereocenters. The first-order valence-electron chi connectivity index (χ1n) is 7.85. The van der Waals surface area contributed by atoms with Crippen LogP contribution < -0.4 is 10.0 Å². The van der Waals surface area contributed by atoms with Crippen LogP contribution in [0.5, 0.6) is 0 Å². The summed E-state index contributed by atoms with van der Waals surface area (Å²) in [6.07, 6.45) is 3.12. The van der Waals surface area contributed by atoms with Crippen LogP contribution in [0.25, 0.3) is 0 Å². The molecule has 26 heavy (non-hydrogen) atoms. The maximum absolute atomic E-state index is 12.3. The summed E-state index contributed by atoms with van der Waals surface area (Å²) in [4.78, 5) is 16.3. The van der Waals surface area contributed by atoms with E-state index >= 15 is 0 Å². The highest BCUT2D eigenvalue weighted by molar-refractivity contribution is 7.89. The number of carbonyl (C=O) groups excluding carboxylic acids is 1. The van der Waals surface area contributed by atoms with Crippen molar-refractivity contribution in [3.05, 3.63) is 84.1 Å². The van der Waals surface area contributed by atoms with Crippen LogP contribution in [0.2, 0.25) is 0 Å². The summed E-state index contributed by atoms with van der Waals surface area (Å²) in [7, 11) is -3.69. The molecule has 3 aromatic rings. The first kappa shape index (κ1) is 17.8. The molecule has 2 aromatic heterocycles. The van der Waals surface area contributed by atoms with Crippen molar-refractivity contribution < 1.29 is 17.6 Å². The number of nitrogens with one attached hydrogen (secondary N) is 2. The Labute approximate surface area is 151 Å². The molecule has 0 spiro atoms. The Balaban J connectivity index is 1.61. The van der Waals surface area contributed by atoms with E-state index in [1.807, 2.05) is 6.07 Å². The van der Waals surface area contributed by atoms with E-state index in [1.54, 1.807) is 30.5 Å². The van der Waals surface area contributed by atoms with Crippen LogP contribution in [0.15, 0.2) is 76.4 Å². The van der Waals surface area contributed by atoms with Crippen molar-refractivity contribution >= 4 is 15.9 Å². The quantitative estimate of drug-likeness (QED) is 0.662. The predicted octanol–water partition coefficient (Wildman–Crippen LogP) is 2.08. The van der Waals surface area contributed by atoms with E-state index in [9.17, 15) is 13.2 Å². The Bertz CT molecular complexity index is 953. The zero-order valence-corrected chi connectivity index (χ0v) is 14.6. The number of pyridine rings is 1. The van der Waals surface area contributed by atoms with Crippen LogP contribution in [-0.4, -0.2) is 19.3 Å². The average Bonchev–Trinajstić information content (AvgIpc) is 3.19. The largest absolute Gasteiger partial charge is 0.468 e. The van der Waals surface area contributed by atoms with E-state index in [0.717, 1.165) is 5.69 Å². The van der Waals surface area contributed by atoms with Gasteiger partial charge < -0.3 is 9.73 Å². The summed E-state index contributed by atoms with van der Waals surface area (Å²) in [5, 5.41) is 2.74. The first-order valence-corrected chi connectivity index (χ1v) is 9.33. The van der Waals surface area contributed by atoms with Gasteiger partial charge in [-0.25, -0.2) is 13.1 Å². The van der Waals surface area contributed by atoms with E-state index in [-0.39, 0.29) is 17.3 Å². The molecule has 0 bridgehead atoms. The molecular formula is C18H17N3O4S. The number of amides is 1. The van der Waals surface area contributed by atoms with Gasteiger partial charge in [-0.1, -0.05) is 6.07 Å². The summed E-state index contributed by atoms with van der Waals surface area (Å²) >= 11 is 0. The minimum Gasteiger partial charge on any atom is -0.468 e. The topological polar surface area (TPSA) is 101 Å². The number of furan rings is 1. The van der Waals surface area contributed by atoms with Gasteiger partial charge in [-0.3, -0.25) is 9.78 Å². The number of rotatable bonds is 7.